The Morgan fingerprint density at radius 3 is 2.21 bits per heavy atom. The van der Waals surface area contributed by atoms with E-state index in [0.717, 1.165) is 25.7 Å². The molecule has 0 aliphatic heterocycles. The van der Waals surface area contributed by atoms with Gasteiger partial charge in [0.15, 0.2) is 0 Å². The van der Waals surface area contributed by atoms with E-state index >= 15 is 0 Å². The summed E-state index contributed by atoms with van der Waals surface area (Å²) in [6, 6.07) is 0. The zero-order valence-corrected chi connectivity index (χ0v) is 12.2. The van der Waals surface area contributed by atoms with Crippen LogP contribution in [0.2, 0.25) is 0 Å². The molecule has 4 heteroatoms. The van der Waals surface area contributed by atoms with E-state index in [9.17, 15) is 14.4 Å². The highest BCUT2D eigenvalue weighted by Crippen LogP contribution is 2.29. The van der Waals surface area contributed by atoms with Crippen molar-refractivity contribution in [2.45, 2.75) is 52.9 Å². The van der Waals surface area contributed by atoms with Crippen LogP contribution in [-0.2, 0) is 14.4 Å². The fraction of sp³-hybridized carbons (Fsp3) is 0.800. The lowest BCUT2D eigenvalue weighted by Gasteiger charge is -2.29. The molecule has 0 heterocycles. The molecule has 19 heavy (non-hydrogen) atoms. The Kier molecular flexibility index (Phi) is 6.19. The van der Waals surface area contributed by atoms with Crippen molar-refractivity contribution in [3.8, 4) is 0 Å². The van der Waals surface area contributed by atoms with Gasteiger partial charge in [-0.15, -0.1) is 0 Å². The number of nitrogens with zero attached hydrogens (tertiary/aromatic N) is 1. The molecule has 0 aromatic carbocycles. The number of carbonyl (C=O) groups excluding carboxylic acids is 3. The molecule has 0 unspecified atom stereocenters. The van der Waals surface area contributed by atoms with Crippen molar-refractivity contribution in [2.75, 3.05) is 6.54 Å². The molecule has 108 valence electrons. The minimum atomic E-state index is -0.0845. The Bertz CT molecular complexity index is 330. The number of carbonyl (C=O) groups is 3. The lowest BCUT2D eigenvalue weighted by atomic mass is 9.80. The van der Waals surface area contributed by atoms with E-state index < -0.39 is 0 Å². The molecule has 0 saturated heterocycles. The maximum Gasteiger partial charge on any atom is 0.229 e. The van der Waals surface area contributed by atoms with Gasteiger partial charge in [-0.05, 0) is 44.4 Å². The van der Waals surface area contributed by atoms with Crippen molar-refractivity contribution in [2.24, 2.45) is 17.8 Å². The maximum absolute atomic E-state index is 11.9. The van der Waals surface area contributed by atoms with Gasteiger partial charge in [0.2, 0.25) is 12.3 Å². The molecule has 1 saturated carbocycles. The zero-order chi connectivity index (χ0) is 14.4. The van der Waals surface area contributed by atoms with Crippen molar-refractivity contribution in [3.63, 3.8) is 0 Å². The number of amides is 2. The highest BCUT2D eigenvalue weighted by Gasteiger charge is 2.26. The maximum atomic E-state index is 11.9. The first-order chi connectivity index (χ1) is 8.93. The monoisotopic (exact) mass is 267 g/mol. The van der Waals surface area contributed by atoms with Gasteiger partial charge in [-0.2, -0.15) is 0 Å². The molecule has 0 N–H and O–H groups in total. The summed E-state index contributed by atoms with van der Waals surface area (Å²) >= 11 is 0. The van der Waals surface area contributed by atoms with Crippen LogP contribution in [0.5, 0.6) is 0 Å². The Hall–Kier alpha value is -1.19. The summed E-state index contributed by atoms with van der Waals surface area (Å²) in [6.45, 7) is 6.10. The molecular weight excluding hydrogens is 242 g/mol. The van der Waals surface area contributed by atoms with E-state index in [2.05, 4.69) is 0 Å². The van der Waals surface area contributed by atoms with Crippen LogP contribution in [0, 0.1) is 17.8 Å². The highest BCUT2D eigenvalue weighted by molar-refractivity contribution is 5.86. The third kappa shape index (κ3) is 5.13. The molecule has 0 spiro atoms. The van der Waals surface area contributed by atoms with Gasteiger partial charge < -0.3 is 0 Å². The summed E-state index contributed by atoms with van der Waals surface area (Å²) in [6.07, 6.45) is 4.73. The van der Waals surface area contributed by atoms with Gasteiger partial charge in [0, 0.05) is 18.9 Å². The average molecular weight is 267 g/mol. The average Bonchev–Trinajstić information content (AvgIpc) is 2.35. The fourth-order valence-electron chi connectivity index (χ4n) is 2.70. The van der Waals surface area contributed by atoms with Crippen LogP contribution in [0.1, 0.15) is 52.9 Å². The predicted molar refractivity (Wildman–Crippen MR) is 73.4 cm³/mol. The van der Waals surface area contributed by atoms with E-state index in [1.807, 2.05) is 13.8 Å². The summed E-state index contributed by atoms with van der Waals surface area (Å²) in [4.78, 5) is 35.5. The number of Topliss-reactive ketones (excluding diaryl/α,β-unsaturated/α-hetero) is 1. The quantitative estimate of drug-likeness (QED) is 0.694. The normalized spacial score (nSPS) is 23.2. The molecule has 1 rings (SSSR count). The van der Waals surface area contributed by atoms with Gasteiger partial charge in [-0.25, -0.2) is 0 Å². The summed E-state index contributed by atoms with van der Waals surface area (Å²) < 4.78 is 0. The van der Waals surface area contributed by atoms with E-state index in [1.54, 1.807) is 6.92 Å². The minimum absolute atomic E-state index is 0.0845. The van der Waals surface area contributed by atoms with Crippen molar-refractivity contribution < 1.29 is 14.4 Å². The molecule has 4 nitrogen and oxygen atoms in total. The number of hydrogen-bond acceptors (Lipinski definition) is 3. The second kappa shape index (κ2) is 7.41. The second-order valence-corrected chi connectivity index (χ2v) is 6.08. The van der Waals surface area contributed by atoms with Gasteiger partial charge >= 0.3 is 0 Å². The van der Waals surface area contributed by atoms with Crippen LogP contribution in [0.25, 0.3) is 0 Å². The van der Waals surface area contributed by atoms with Gasteiger partial charge in [-0.1, -0.05) is 13.8 Å². The molecule has 0 atom stereocenters. The van der Waals surface area contributed by atoms with E-state index in [-0.39, 0.29) is 23.5 Å². The first-order valence-electron chi connectivity index (χ1n) is 7.19. The van der Waals surface area contributed by atoms with Crippen LogP contribution in [-0.4, -0.2) is 29.5 Å². The Morgan fingerprint density at radius 2 is 1.79 bits per heavy atom. The third-order valence-corrected chi connectivity index (χ3v) is 3.91. The molecule has 0 aromatic heterocycles. The Labute approximate surface area is 115 Å². The lowest BCUT2D eigenvalue weighted by Crippen LogP contribution is -2.36. The zero-order valence-electron chi connectivity index (χ0n) is 12.2. The summed E-state index contributed by atoms with van der Waals surface area (Å²) in [7, 11) is 0. The number of imide groups is 1. The molecule has 1 aliphatic carbocycles. The smallest absolute Gasteiger partial charge is 0.229 e. The first-order valence-corrected chi connectivity index (χ1v) is 7.19. The minimum Gasteiger partial charge on any atom is -0.300 e. The van der Waals surface area contributed by atoms with E-state index in [4.69, 9.17) is 0 Å². The second-order valence-electron chi connectivity index (χ2n) is 6.08. The summed E-state index contributed by atoms with van der Waals surface area (Å²) in [5.41, 5.74) is 0. The first kappa shape index (κ1) is 15.9. The Morgan fingerprint density at radius 1 is 1.21 bits per heavy atom. The Balaban J connectivity index is 2.43. The topological polar surface area (TPSA) is 54.5 Å². The van der Waals surface area contributed by atoms with Crippen molar-refractivity contribution in [3.05, 3.63) is 0 Å². The van der Waals surface area contributed by atoms with Crippen LogP contribution >= 0.6 is 0 Å². The molecule has 0 bridgehead atoms. The SMILES string of the molecule is CC(=O)C1CCC(CN(C=O)C(=O)CC(C)C)CC1. The van der Waals surface area contributed by atoms with E-state index in [0.29, 0.717) is 25.3 Å². The molecule has 2 amide bonds. The van der Waals surface area contributed by atoms with Crippen LogP contribution in [0.15, 0.2) is 0 Å². The number of hydrogen-bond donors (Lipinski definition) is 0. The predicted octanol–water partition coefficient (Wildman–Crippen LogP) is 2.41. The van der Waals surface area contributed by atoms with Gasteiger partial charge in [0.25, 0.3) is 0 Å². The highest BCUT2D eigenvalue weighted by atomic mass is 16.2. The van der Waals surface area contributed by atoms with Crippen LogP contribution in [0.3, 0.4) is 0 Å². The summed E-state index contributed by atoms with van der Waals surface area (Å²) in [5, 5.41) is 0. The van der Waals surface area contributed by atoms with E-state index in [1.165, 1.54) is 4.90 Å². The van der Waals surface area contributed by atoms with Gasteiger partial charge in [0.1, 0.15) is 5.78 Å². The lowest BCUT2D eigenvalue weighted by molar-refractivity contribution is -0.140. The van der Waals surface area contributed by atoms with Gasteiger partial charge in [0.05, 0.1) is 0 Å². The largest absolute Gasteiger partial charge is 0.300 e. The van der Waals surface area contributed by atoms with Crippen molar-refractivity contribution in [1.29, 1.82) is 0 Å². The standard InChI is InChI=1S/C15H25NO3/c1-11(2)8-15(19)16(10-17)9-13-4-6-14(7-5-13)12(3)18/h10-11,13-14H,4-9H2,1-3H3. The van der Waals surface area contributed by atoms with Crippen LogP contribution in [0.4, 0.5) is 0 Å². The van der Waals surface area contributed by atoms with Crippen LogP contribution < -0.4 is 0 Å². The number of ketones is 1. The van der Waals surface area contributed by atoms with Gasteiger partial charge in [-0.3, -0.25) is 19.3 Å². The van der Waals surface area contributed by atoms with Crippen molar-refractivity contribution in [1.82, 2.24) is 4.90 Å². The number of rotatable bonds is 6. The molecule has 1 fully saturated rings. The summed E-state index contributed by atoms with van der Waals surface area (Å²) in [5.74, 6) is 0.993. The molecule has 1 aliphatic rings. The van der Waals surface area contributed by atoms with Crippen molar-refractivity contribution >= 4 is 18.1 Å². The third-order valence-electron chi connectivity index (χ3n) is 3.91. The molecule has 0 aromatic rings. The molecule has 0 radical (unpaired) electrons. The molecular formula is C15H25NO3. The fourth-order valence-corrected chi connectivity index (χ4v) is 2.70.